The summed E-state index contributed by atoms with van der Waals surface area (Å²) < 4.78 is 74.6. The van der Waals surface area contributed by atoms with Crippen LogP contribution in [-0.4, -0.2) is 76.2 Å². The molecule has 214 valence electrons. The molecule has 1 saturated heterocycles. The van der Waals surface area contributed by atoms with Crippen LogP contribution in [-0.2, 0) is 11.0 Å². The number of imidazole rings is 1. The van der Waals surface area contributed by atoms with Crippen LogP contribution in [0.2, 0.25) is 0 Å². The third kappa shape index (κ3) is 5.42. The van der Waals surface area contributed by atoms with E-state index in [0.717, 1.165) is 19.3 Å². The molecular weight excluding hydrogens is 601 g/mol. The van der Waals surface area contributed by atoms with Crippen molar-refractivity contribution in [2.24, 2.45) is 0 Å². The molecule has 2 saturated carbocycles. The Morgan fingerprint density at radius 1 is 1.28 bits per heavy atom. The van der Waals surface area contributed by atoms with Crippen LogP contribution in [0.15, 0.2) is 11.1 Å². The molecule has 3 aromatic heterocycles. The van der Waals surface area contributed by atoms with Crippen molar-refractivity contribution < 1.29 is 21.8 Å². The maximum absolute atomic E-state index is 16.3. The quantitative estimate of drug-likeness (QED) is 0.287. The molecule has 0 spiro atoms. The number of rotatable bonds is 8. The Labute approximate surface area is 233 Å². The van der Waals surface area contributed by atoms with Gasteiger partial charge in [-0.15, -0.1) is 0 Å². The Morgan fingerprint density at radius 3 is 2.59 bits per heavy atom. The molecule has 0 amide bonds. The van der Waals surface area contributed by atoms with E-state index >= 15 is 4.39 Å². The summed E-state index contributed by atoms with van der Waals surface area (Å²) in [6.45, 7) is 6.96. The Hall–Kier alpha value is -1.86. The van der Waals surface area contributed by atoms with Crippen LogP contribution in [0.5, 0.6) is 0 Å². The maximum atomic E-state index is 16.3. The molecule has 1 aliphatic heterocycles. The first-order chi connectivity index (χ1) is 18.8. The van der Waals surface area contributed by atoms with E-state index in [2.05, 4.69) is 20.2 Å². The average Bonchev–Trinajstić information content (AvgIpc) is 3.32. The molecule has 2 atom stereocenters. The second-order valence-corrected chi connectivity index (χ2v) is 13.5. The second kappa shape index (κ2) is 11.6. The fraction of sp³-hybridized carbons (Fsp3) is 0.640. The van der Waals surface area contributed by atoms with Gasteiger partial charge in [-0.2, -0.15) is 0 Å². The van der Waals surface area contributed by atoms with Crippen LogP contribution in [0.25, 0.3) is 15.9 Å². The summed E-state index contributed by atoms with van der Waals surface area (Å²) in [5.74, 6) is -0.558. The minimum absolute atomic E-state index is 0.0897. The van der Waals surface area contributed by atoms with E-state index in [4.69, 9.17) is 4.98 Å². The van der Waals surface area contributed by atoms with Gasteiger partial charge >= 0.3 is 220 Å². The van der Waals surface area contributed by atoms with Crippen molar-refractivity contribution in [3.8, 4) is 10.3 Å². The normalized spacial score (nSPS) is 21.5. The first-order valence-electron chi connectivity index (χ1n) is 13.4. The summed E-state index contributed by atoms with van der Waals surface area (Å²) in [6, 6.07) is 0.0897. The van der Waals surface area contributed by atoms with Crippen LogP contribution in [0.3, 0.4) is 0 Å². The van der Waals surface area contributed by atoms with E-state index in [9.17, 15) is 17.4 Å². The predicted octanol–water partition coefficient (Wildman–Crippen LogP) is 4.13. The van der Waals surface area contributed by atoms with E-state index in [1.54, 1.807) is 4.40 Å². The summed E-state index contributed by atoms with van der Waals surface area (Å²) in [6.07, 6.45) is 2.57. The fourth-order valence-electron chi connectivity index (χ4n) is 4.94. The fourth-order valence-corrected chi connectivity index (χ4v) is 7.74. The van der Waals surface area contributed by atoms with Gasteiger partial charge in [0.25, 0.3) is 0 Å². The van der Waals surface area contributed by atoms with Crippen molar-refractivity contribution in [3.05, 3.63) is 22.3 Å². The number of aromatic nitrogens is 4. The van der Waals surface area contributed by atoms with Gasteiger partial charge in [-0.1, -0.05) is 13.8 Å². The van der Waals surface area contributed by atoms with Crippen LogP contribution in [0.4, 0.5) is 23.2 Å². The van der Waals surface area contributed by atoms with Crippen molar-refractivity contribution in [2.75, 3.05) is 31.2 Å². The molecule has 6 rings (SSSR count). The van der Waals surface area contributed by atoms with Gasteiger partial charge in [0.2, 0.25) is 0 Å². The average molecular weight is 635 g/mol. The summed E-state index contributed by atoms with van der Waals surface area (Å²) >= 11 is -0.815. The van der Waals surface area contributed by atoms with E-state index in [1.807, 2.05) is 25.7 Å². The Kier molecular flexibility index (Phi) is 8.49. The van der Waals surface area contributed by atoms with Crippen LogP contribution in [0.1, 0.15) is 75.5 Å². The van der Waals surface area contributed by atoms with Gasteiger partial charge in [0.15, 0.2) is 0 Å². The zero-order valence-electron chi connectivity index (χ0n) is 22.1. The summed E-state index contributed by atoms with van der Waals surface area (Å²) in [4.78, 5) is 6.66. The number of piperazine rings is 1. The van der Waals surface area contributed by atoms with Crippen molar-refractivity contribution >= 4 is 36.8 Å². The number of nitrogens with one attached hydrogen (secondary N) is 2. The third-order valence-corrected chi connectivity index (χ3v) is 10.7. The van der Waals surface area contributed by atoms with Gasteiger partial charge < -0.3 is 0 Å². The molecule has 3 aliphatic rings. The van der Waals surface area contributed by atoms with Crippen LogP contribution < -0.4 is 14.9 Å². The molecule has 0 radical (unpaired) electrons. The zero-order chi connectivity index (χ0) is 27.9. The summed E-state index contributed by atoms with van der Waals surface area (Å²) in [5.41, 5.74) is 0.899. The monoisotopic (exact) mass is 635 g/mol. The molecule has 2 N–H and O–H groups in total. The van der Waals surface area contributed by atoms with Crippen LogP contribution >= 0.6 is 0 Å². The van der Waals surface area contributed by atoms with Crippen LogP contribution in [0, 0.1) is 5.82 Å². The summed E-state index contributed by atoms with van der Waals surface area (Å²) in [5, 5.41) is 11.2. The van der Waals surface area contributed by atoms with Gasteiger partial charge in [-0.25, -0.2) is 0 Å². The van der Waals surface area contributed by atoms with Gasteiger partial charge in [0.1, 0.15) is 0 Å². The molecule has 39 heavy (non-hydrogen) atoms. The first-order valence-corrected chi connectivity index (χ1v) is 16.3. The van der Waals surface area contributed by atoms with Crippen molar-refractivity contribution in [3.63, 3.8) is 0 Å². The number of anilines is 1. The van der Waals surface area contributed by atoms with Crippen molar-refractivity contribution in [1.29, 1.82) is 0 Å². The van der Waals surface area contributed by atoms with E-state index < -0.39 is 49.9 Å². The van der Waals surface area contributed by atoms with Crippen molar-refractivity contribution in [2.45, 2.75) is 81.7 Å². The molecule has 2 aliphatic carbocycles. The molecule has 14 heteroatoms. The van der Waals surface area contributed by atoms with Crippen molar-refractivity contribution in [1.82, 2.24) is 29.6 Å². The molecular formula is C25H33F4N7OSSe. The SMILES string of the molecule is CC.C[C@H]1CN(c2c(F)c(S(=O)NC3(CF)CC3)cn3c(-c4nnc(C(F)F)[se]4)c(C4CCC4)nc23)CCN1. The molecule has 1 unspecified atom stereocenters. The van der Waals surface area contributed by atoms with E-state index in [0.29, 0.717) is 54.1 Å². The van der Waals surface area contributed by atoms with Gasteiger partial charge in [-0.3, -0.25) is 0 Å². The van der Waals surface area contributed by atoms with Gasteiger partial charge in [-0.05, 0) is 0 Å². The number of hydrogen-bond donors (Lipinski definition) is 2. The molecule has 3 fully saturated rings. The van der Waals surface area contributed by atoms with Gasteiger partial charge in [0.05, 0.1) is 0 Å². The number of fused-ring (bicyclic) bond motifs is 1. The number of nitrogens with zero attached hydrogens (tertiary/aromatic N) is 5. The third-order valence-electron chi connectivity index (χ3n) is 7.45. The first kappa shape index (κ1) is 28.7. The number of alkyl halides is 3. The zero-order valence-corrected chi connectivity index (χ0v) is 24.7. The minimum atomic E-state index is -2.70. The topological polar surface area (TPSA) is 87.5 Å². The standard InChI is InChI=1S/C23H27F4N7OSSe.C2H6/c1-12-9-33(8-7-28-12)17-15(25)14(36(35)32-23(11-24)5-6-23)10-34-18(21-30-31-22(37-21)19(26)27)16(29-20(17)34)13-3-2-4-13;1-2/h10,12-13,19,28,32H,2-9,11H2,1H3;1-2H3/t12-,36?;/m0./s1. The Balaban J connectivity index is 0.00000151. The molecule has 4 heterocycles. The number of halogens is 4. The summed E-state index contributed by atoms with van der Waals surface area (Å²) in [7, 11) is -2.03. The van der Waals surface area contributed by atoms with E-state index in [-0.39, 0.29) is 27.1 Å². The molecule has 0 bridgehead atoms. The van der Waals surface area contributed by atoms with Gasteiger partial charge in [0, 0.05) is 0 Å². The van der Waals surface area contributed by atoms with E-state index in [1.165, 1.54) is 6.20 Å². The Bertz CT molecular complexity index is 1360. The number of pyridine rings is 1. The molecule has 8 nitrogen and oxygen atoms in total. The molecule has 0 aromatic carbocycles. The number of hydrogen-bond acceptors (Lipinski definition) is 6. The predicted molar refractivity (Wildman–Crippen MR) is 143 cm³/mol. The molecule has 3 aromatic rings. The second-order valence-electron chi connectivity index (χ2n) is 10.2. The Morgan fingerprint density at radius 2 is 2.03 bits per heavy atom.